The molecule has 3 nitrogen and oxygen atoms in total. The number of carbonyl (C=O) groups excluding carboxylic acids is 1. The largest absolute Gasteiger partial charge is 0.325 e. The van der Waals surface area contributed by atoms with Crippen LogP contribution in [0.4, 0.5) is 5.69 Å². The molecule has 122 valence electrons. The standard InChI is InChI=1S/C22H18N2O/c25-22-19(18-13-7-8-14-20(18)24-22)15-23-21(16-9-3-1-4-10-16)17-11-5-2-6-12-17/h1-15,19,21H,(H,24,25). The molecule has 3 aromatic carbocycles. The predicted molar refractivity (Wildman–Crippen MR) is 101 cm³/mol. The van der Waals surface area contributed by atoms with Crippen LogP contribution in [0, 0.1) is 0 Å². The highest BCUT2D eigenvalue weighted by atomic mass is 16.2. The lowest BCUT2D eigenvalue weighted by Crippen LogP contribution is -2.13. The second-order valence-corrected chi connectivity index (χ2v) is 6.08. The molecular weight excluding hydrogens is 308 g/mol. The van der Waals surface area contributed by atoms with Crippen LogP contribution >= 0.6 is 0 Å². The first-order chi connectivity index (χ1) is 12.3. The van der Waals surface area contributed by atoms with E-state index in [1.165, 1.54) is 0 Å². The molecule has 0 bridgehead atoms. The Bertz CT molecular complexity index is 864. The average molecular weight is 326 g/mol. The minimum Gasteiger partial charge on any atom is -0.325 e. The van der Waals surface area contributed by atoms with Crippen molar-refractivity contribution in [1.29, 1.82) is 0 Å². The molecule has 0 aromatic heterocycles. The molecule has 0 radical (unpaired) electrons. The number of benzene rings is 3. The van der Waals surface area contributed by atoms with Crippen LogP contribution in [0.1, 0.15) is 28.7 Å². The maximum atomic E-state index is 12.3. The molecule has 1 aliphatic heterocycles. The first kappa shape index (κ1) is 15.3. The van der Waals surface area contributed by atoms with E-state index in [9.17, 15) is 4.79 Å². The molecule has 1 heterocycles. The van der Waals surface area contributed by atoms with Gasteiger partial charge in [0.2, 0.25) is 5.91 Å². The lowest BCUT2D eigenvalue weighted by molar-refractivity contribution is -0.115. The molecule has 0 saturated heterocycles. The molecule has 25 heavy (non-hydrogen) atoms. The number of aliphatic imine (C=N–C) groups is 1. The Morgan fingerprint density at radius 2 is 1.36 bits per heavy atom. The Labute approximate surface area is 147 Å². The molecule has 0 fully saturated rings. The quantitative estimate of drug-likeness (QED) is 0.700. The molecule has 0 spiro atoms. The predicted octanol–water partition coefficient (Wildman–Crippen LogP) is 4.58. The van der Waals surface area contributed by atoms with E-state index in [4.69, 9.17) is 4.99 Å². The van der Waals surface area contributed by atoms with E-state index in [1.54, 1.807) is 6.21 Å². The zero-order valence-corrected chi connectivity index (χ0v) is 13.7. The van der Waals surface area contributed by atoms with Crippen LogP contribution in [-0.4, -0.2) is 12.1 Å². The van der Waals surface area contributed by atoms with Crippen LogP contribution in [0.5, 0.6) is 0 Å². The van der Waals surface area contributed by atoms with Gasteiger partial charge in [0.25, 0.3) is 0 Å². The maximum absolute atomic E-state index is 12.3. The number of amides is 1. The lowest BCUT2D eigenvalue weighted by Gasteiger charge is -2.14. The van der Waals surface area contributed by atoms with Gasteiger partial charge in [0.05, 0.1) is 6.04 Å². The Morgan fingerprint density at radius 3 is 2.00 bits per heavy atom. The monoisotopic (exact) mass is 326 g/mol. The van der Waals surface area contributed by atoms with Gasteiger partial charge in [-0.05, 0) is 22.8 Å². The van der Waals surface area contributed by atoms with Crippen LogP contribution in [0.3, 0.4) is 0 Å². The lowest BCUT2D eigenvalue weighted by atomic mass is 9.98. The third kappa shape index (κ3) is 3.09. The van der Waals surface area contributed by atoms with Gasteiger partial charge in [0.15, 0.2) is 0 Å². The average Bonchev–Trinajstić information content (AvgIpc) is 2.99. The van der Waals surface area contributed by atoms with Crippen molar-refractivity contribution < 1.29 is 4.79 Å². The zero-order valence-electron chi connectivity index (χ0n) is 13.7. The summed E-state index contributed by atoms with van der Waals surface area (Å²) in [5, 5.41) is 2.92. The van der Waals surface area contributed by atoms with Crippen molar-refractivity contribution in [2.24, 2.45) is 4.99 Å². The first-order valence-corrected chi connectivity index (χ1v) is 8.36. The SMILES string of the molecule is O=C1Nc2ccccc2C1C=NC(c1ccccc1)c1ccccc1. The minimum absolute atomic E-state index is 0.0233. The number of hydrogen-bond donors (Lipinski definition) is 1. The fraction of sp³-hybridized carbons (Fsp3) is 0.0909. The van der Waals surface area contributed by atoms with E-state index in [2.05, 4.69) is 29.6 Å². The van der Waals surface area contributed by atoms with Crippen molar-refractivity contribution in [2.45, 2.75) is 12.0 Å². The molecule has 0 aliphatic carbocycles. The van der Waals surface area contributed by atoms with Crippen LogP contribution in [0.25, 0.3) is 0 Å². The van der Waals surface area contributed by atoms with Gasteiger partial charge in [0.1, 0.15) is 5.92 Å². The summed E-state index contributed by atoms with van der Waals surface area (Å²) in [4.78, 5) is 17.1. The molecule has 1 unspecified atom stereocenters. The van der Waals surface area contributed by atoms with Crippen molar-refractivity contribution >= 4 is 17.8 Å². The van der Waals surface area contributed by atoms with Gasteiger partial charge in [-0.2, -0.15) is 0 Å². The molecule has 4 rings (SSSR count). The summed E-state index contributed by atoms with van der Waals surface area (Å²) in [6.07, 6.45) is 1.78. The summed E-state index contributed by atoms with van der Waals surface area (Å²) in [7, 11) is 0. The first-order valence-electron chi connectivity index (χ1n) is 8.36. The van der Waals surface area contributed by atoms with Crippen molar-refractivity contribution in [3.8, 4) is 0 Å². The highest BCUT2D eigenvalue weighted by Gasteiger charge is 2.28. The Balaban J connectivity index is 1.70. The fourth-order valence-corrected chi connectivity index (χ4v) is 3.19. The molecule has 1 N–H and O–H groups in total. The van der Waals surface area contributed by atoms with Gasteiger partial charge in [-0.25, -0.2) is 0 Å². The number of hydrogen-bond acceptors (Lipinski definition) is 2. The third-order valence-electron chi connectivity index (χ3n) is 4.45. The van der Waals surface area contributed by atoms with Gasteiger partial charge in [0, 0.05) is 11.9 Å². The van der Waals surface area contributed by atoms with Gasteiger partial charge < -0.3 is 5.32 Å². The Kier molecular flexibility index (Phi) is 4.13. The number of fused-ring (bicyclic) bond motifs is 1. The normalized spacial score (nSPS) is 16.2. The molecular formula is C22H18N2O. The minimum atomic E-state index is -0.342. The van der Waals surface area contributed by atoms with Crippen molar-refractivity contribution in [1.82, 2.24) is 0 Å². The van der Waals surface area contributed by atoms with Crippen LogP contribution in [0.15, 0.2) is 89.9 Å². The number of nitrogens with one attached hydrogen (secondary N) is 1. The van der Waals surface area contributed by atoms with E-state index in [0.29, 0.717) is 0 Å². The van der Waals surface area contributed by atoms with Crippen LogP contribution in [-0.2, 0) is 4.79 Å². The maximum Gasteiger partial charge on any atom is 0.237 e. The Hall–Kier alpha value is -3.20. The van der Waals surface area contributed by atoms with E-state index in [1.807, 2.05) is 60.7 Å². The number of nitrogens with zero attached hydrogens (tertiary/aromatic N) is 1. The summed E-state index contributed by atoms with van der Waals surface area (Å²) >= 11 is 0. The van der Waals surface area contributed by atoms with Crippen molar-refractivity contribution in [2.75, 3.05) is 5.32 Å². The van der Waals surface area contributed by atoms with E-state index >= 15 is 0 Å². The second-order valence-electron chi connectivity index (χ2n) is 6.08. The van der Waals surface area contributed by atoms with Gasteiger partial charge >= 0.3 is 0 Å². The second kappa shape index (κ2) is 6.73. The highest BCUT2D eigenvalue weighted by molar-refractivity contribution is 6.12. The summed E-state index contributed by atoms with van der Waals surface area (Å²) in [5.74, 6) is -0.365. The summed E-state index contributed by atoms with van der Waals surface area (Å²) in [6, 6.07) is 28.0. The van der Waals surface area contributed by atoms with Crippen LogP contribution < -0.4 is 5.32 Å². The highest BCUT2D eigenvalue weighted by Crippen LogP contribution is 2.32. The number of anilines is 1. The van der Waals surface area contributed by atoms with E-state index in [0.717, 1.165) is 22.4 Å². The smallest absolute Gasteiger partial charge is 0.237 e. The van der Waals surface area contributed by atoms with Gasteiger partial charge in [-0.1, -0.05) is 78.9 Å². The number of para-hydroxylation sites is 1. The fourth-order valence-electron chi connectivity index (χ4n) is 3.19. The van der Waals surface area contributed by atoms with Crippen molar-refractivity contribution in [3.05, 3.63) is 102 Å². The van der Waals surface area contributed by atoms with Gasteiger partial charge in [-0.3, -0.25) is 9.79 Å². The van der Waals surface area contributed by atoms with Gasteiger partial charge in [-0.15, -0.1) is 0 Å². The Morgan fingerprint density at radius 1 is 0.800 bits per heavy atom. The van der Waals surface area contributed by atoms with E-state index in [-0.39, 0.29) is 17.9 Å². The summed E-state index contributed by atoms with van der Waals surface area (Å²) in [6.45, 7) is 0. The number of carbonyl (C=O) groups is 1. The summed E-state index contributed by atoms with van der Waals surface area (Å²) in [5.41, 5.74) is 4.07. The molecule has 1 aliphatic rings. The molecule has 1 amide bonds. The van der Waals surface area contributed by atoms with Crippen LogP contribution in [0.2, 0.25) is 0 Å². The topological polar surface area (TPSA) is 41.5 Å². The number of rotatable bonds is 4. The zero-order chi connectivity index (χ0) is 17.1. The molecule has 3 aromatic rings. The molecule has 3 heteroatoms. The summed E-state index contributed by atoms with van der Waals surface area (Å²) < 4.78 is 0. The molecule has 1 atom stereocenters. The third-order valence-corrected chi connectivity index (χ3v) is 4.45. The van der Waals surface area contributed by atoms with E-state index < -0.39 is 0 Å². The molecule has 0 saturated carbocycles. The van der Waals surface area contributed by atoms with Crippen molar-refractivity contribution in [3.63, 3.8) is 0 Å².